The maximum Gasteiger partial charge on any atom is 0.237 e. The quantitative estimate of drug-likeness (QED) is 0.782. The summed E-state index contributed by atoms with van der Waals surface area (Å²) in [6, 6.07) is 20.2. The first-order valence-electron chi connectivity index (χ1n) is 8.66. The first kappa shape index (κ1) is 17.2. The molecule has 0 aliphatic heterocycles. The van der Waals surface area contributed by atoms with Gasteiger partial charge in [-0.15, -0.1) is 0 Å². The molecule has 0 atom stereocenters. The van der Waals surface area contributed by atoms with Gasteiger partial charge in [-0.05, 0) is 43.1 Å². The Bertz CT molecular complexity index is 745. The van der Waals surface area contributed by atoms with Crippen LogP contribution in [0.15, 0.2) is 54.6 Å². The molecule has 0 saturated heterocycles. The van der Waals surface area contributed by atoms with E-state index in [-0.39, 0.29) is 5.91 Å². The van der Waals surface area contributed by atoms with Crippen molar-refractivity contribution in [2.45, 2.75) is 32.0 Å². The van der Waals surface area contributed by atoms with Gasteiger partial charge in [0.25, 0.3) is 0 Å². The maximum absolute atomic E-state index is 12.8. The third-order valence-corrected chi connectivity index (χ3v) is 4.44. The number of rotatable bonds is 7. The minimum absolute atomic E-state index is 0.183. The maximum atomic E-state index is 12.8. The summed E-state index contributed by atoms with van der Waals surface area (Å²) in [4.78, 5) is 16.8. The smallest absolute Gasteiger partial charge is 0.237 e. The van der Waals surface area contributed by atoms with E-state index in [1.165, 1.54) is 5.56 Å². The average Bonchev–Trinajstić information content (AvgIpc) is 3.46. The molecular weight excluding hydrogens is 310 g/mol. The second kappa shape index (κ2) is 7.96. The van der Waals surface area contributed by atoms with Crippen LogP contribution in [0.2, 0.25) is 0 Å². The SMILES string of the molecule is CN(CC(=O)N(Cc1ccccc1)C1CC1)Cc1ccc(C#N)cc1. The molecule has 4 nitrogen and oxygen atoms in total. The van der Waals surface area contributed by atoms with Crippen LogP contribution in [-0.2, 0) is 17.9 Å². The van der Waals surface area contributed by atoms with Crippen LogP contribution in [0.4, 0.5) is 0 Å². The van der Waals surface area contributed by atoms with Gasteiger partial charge in [0.2, 0.25) is 5.91 Å². The van der Waals surface area contributed by atoms with Gasteiger partial charge in [0, 0.05) is 19.1 Å². The van der Waals surface area contributed by atoms with E-state index >= 15 is 0 Å². The zero-order valence-electron chi connectivity index (χ0n) is 14.6. The van der Waals surface area contributed by atoms with Crippen LogP contribution in [0, 0.1) is 11.3 Å². The minimum atomic E-state index is 0.183. The summed E-state index contributed by atoms with van der Waals surface area (Å²) < 4.78 is 0. The standard InChI is InChI=1S/C21H23N3O/c1-23(14-19-9-7-17(13-22)8-10-19)16-21(25)24(20-11-12-20)15-18-5-3-2-4-6-18/h2-10,20H,11-12,14-16H2,1H3. The van der Waals surface area contributed by atoms with E-state index in [4.69, 9.17) is 5.26 Å². The van der Waals surface area contributed by atoms with Gasteiger partial charge in [0.05, 0.1) is 18.2 Å². The third kappa shape index (κ3) is 4.91. The van der Waals surface area contributed by atoms with E-state index in [1.54, 1.807) is 0 Å². The van der Waals surface area contributed by atoms with Gasteiger partial charge in [-0.2, -0.15) is 5.26 Å². The van der Waals surface area contributed by atoms with Gasteiger partial charge in [-0.1, -0.05) is 42.5 Å². The first-order valence-corrected chi connectivity index (χ1v) is 8.66. The number of likely N-dealkylation sites (N-methyl/N-ethyl adjacent to an activating group) is 1. The number of hydrogen-bond donors (Lipinski definition) is 0. The van der Waals surface area contributed by atoms with Crippen LogP contribution >= 0.6 is 0 Å². The molecule has 25 heavy (non-hydrogen) atoms. The van der Waals surface area contributed by atoms with Gasteiger partial charge in [-0.3, -0.25) is 9.69 Å². The van der Waals surface area contributed by atoms with E-state index < -0.39 is 0 Å². The summed E-state index contributed by atoms with van der Waals surface area (Å²) in [6.07, 6.45) is 2.22. The molecule has 0 spiro atoms. The number of carbonyl (C=O) groups is 1. The number of carbonyl (C=O) groups excluding carboxylic acids is 1. The normalized spacial score (nSPS) is 13.5. The van der Waals surface area contributed by atoms with Crippen molar-refractivity contribution in [2.24, 2.45) is 0 Å². The zero-order valence-corrected chi connectivity index (χ0v) is 14.6. The van der Waals surface area contributed by atoms with E-state index in [9.17, 15) is 4.79 Å². The Labute approximate surface area is 149 Å². The summed E-state index contributed by atoms with van der Waals surface area (Å²) in [5, 5.41) is 8.86. The van der Waals surface area contributed by atoms with E-state index in [0.717, 1.165) is 18.4 Å². The molecule has 1 saturated carbocycles. The van der Waals surface area contributed by atoms with Crippen LogP contribution < -0.4 is 0 Å². The molecule has 2 aromatic rings. The van der Waals surface area contributed by atoms with Crippen molar-refractivity contribution in [2.75, 3.05) is 13.6 Å². The summed E-state index contributed by atoms with van der Waals surface area (Å²) in [7, 11) is 1.96. The molecule has 0 bridgehead atoms. The largest absolute Gasteiger partial charge is 0.334 e. The fourth-order valence-corrected chi connectivity index (χ4v) is 2.96. The molecule has 0 N–H and O–H groups in total. The molecule has 2 aromatic carbocycles. The Morgan fingerprint density at radius 2 is 1.68 bits per heavy atom. The molecule has 0 heterocycles. The molecule has 0 radical (unpaired) electrons. The van der Waals surface area contributed by atoms with Gasteiger partial charge >= 0.3 is 0 Å². The molecule has 1 fully saturated rings. The molecule has 1 amide bonds. The molecule has 4 heteroatoms. The number of hydrogen-bond acceptors (Lipinski definition) is 3. The molecule has 3 rings (SSSR count). The van der Waals surface area contributed by atoms with Crippen molar-refractivity contribution in [1.82, 2.24) is 9.80 Å². The lowest BCUT2D eigenvalue weighted by Gasteiger charge is -2.25. The molecule has 0 aromatic heterocycles. The Kier molecular flexibility index (Phi) is 5.47. The van der Waals surface area contributed by atoms with Gasteiger partial charge in [0.1, 0.15) is 0 Å². The summed E-state index contributed by atoms with van der Waals surface area (Å²) in [5.41, 5.74) is 2.94. The van der Waals surface area contributed by atoms with Crippen LogP contribution in [0.25, 0.3) is 0 Å². The summed E-state index contributed by atoms with van der Waals surface area (Å²) >= 11 is 0. The molecule has 128 valence electrons. The van der Waals surface area contributed by atoms with Crippen molar-refractivity contribution in [1.29, 1.82) is 5.26 Å². The van der Waals surface area contributed by atoms with Gasteiger partial charge < -0.3 is 4.90 Å². The lowest BCUT2D eigenvalue weighted by molar-refractivity contribution is -0.133. The van der Waals surface area contributed by atoms with Crippen molar-refractivity contribution in [3.8, 4) is 6.07 Å². The Morgan fingerprint density at radius 3 is 2.28 bits per heavy atom. The van der Waals surface area contributed by atoms with Crippen LogP contribution in [0.3, 0.4) is 0 Å². The third-order valence-electron chi connectivity index (χ3n) is 4.44. The van der Waals surface area contributed by atoms with Crippen molar-refractivity contribution in [3.63, 3.8) is 0 Å². The lowest BCUT2D eigenvalue weighted by Crippen LogP contribution is -2.39. The number of nitrogens with zero attached hydrogens (tertiary/aromatic N) is 3. The van der Waals surface area contributed by atoms with Crippen LogP contribution in [0.1, 0.15) is 29.5 Å². The highest BCUT2D eigenvalue weighted by atomic mass is 16.2. The Hall–Kier alpha value is -2.64. The number of nitriles is 1. The molecular formula is C21H23N3O. The van der Waals surface area contributed by atoms with Crippen LogP contribution in [-0.4, -0.2) is 35.3 Å². The van der Waals surface area contributed by atoms with E-state index in [1.807, 2.05) is 59.3 Å². The van der Waals surface area contributed by atoms with Crippen LogP contribution in [0.5, 0.6) is 0 Å². The predicted molar refractivity (Wildman–Crippen MR) is 97.5 cm³/mol. The van der Waals surface area contributed by atoms with Crippen molar-refractivity contribution in [3.05, 3.63) is 71.3 Å². The predicted octanol–water partition coefficient (Wildman–Crippen LogP) is 3.18. The van der Waals surface area contributed by atoms with E-state index in [2.05, 4.69) is 18.2 Å². The average molecular weight is 333 g/mol. The minimum Gasteiger partial charge on any atom is -0.334 e. The first-order chi connectivity index (χ1) is 12.2. The second-order valence-corrected chi connectivity index (χ2v) is 6.72. The number of benzene rings is 2. The number of amides is 1. The highest BCUT2D eigenvalue weighted by Gasteiger charge is 2.32. The molecule has 1 aliphatic rings. The molecule has 0 unspecified atom stereocenters. The zero-order chi connectivity index (χ0) is 17.6. The highest BCUT2D eigenvalue weighted by molar-refractivity contribution is 5.79. The van der Waals surface area contributed by atoms with E-state index in [0.29, 0.717) is 31.2 Å². The van der Waals surface area contributed by atoms with Gasteiger partial charge in [-0.25, -0.2) is 0 Å². The fourth-order valence-electron chi connectivity index (χ4n) is 2.96. The van der Waals surface area contributed by atoms with Crippen molar-refractivity contribution >= 4 is 5.91 Å². The van der Waals surface area contributed by atoms with Gasteiger partial charge in [0.15, 0.2) is 0 Å². The van der Waals surface area contributed by atoms with Crippen molar-refractivity contribution < 1.29 is 4.79 Å². The summed E-state index contributed by atoms with van der Waals surface area (Å²) in [5.74, 6) is 0.183. The fraction of sp³-hybridized carbons (Fsp3) is 0.333. The molecule has 1 aliphatic carbocycles. The lowest BCUT2D eigenvalue weighted by atomic mass is 10.1. The monoisotopic (exact) mass is 333 g/mol. The highest BCUT2D eigenvalue weighted by Crippen LogP contribution is 2.28. The summed E-state index contributed by atoms with van der Waals surface area (Å²) in [6.45, 7) is 1.79. The second-order valence-electron chi connectivity index (χ2n) is 6.72. The Morgan fingerprint density at radius 1 is 1.04 bits per heavy atom. The Balaban J connectivity index is 1.57. The topological polar surface area (TPSA) is 47.3 Å².